The number of hydrogen-bond acceptors (Lipinski definition) is 2. The highest BCUT2D eigenvalue weighted by atomic mass is 14.7. The summed E-state index contributed by atoms with van der Waals surface area (Å²) in [5.41, 5.74) is 15.6. The third kappa shape index (κ3) is 4.13. The van der Waals surface area contributed by atoms with Crippen molar-refractivity contribution in [3.8, 4) is 62.0 Å². The predicted molar refractivity (Wildman–Crippen MR) is 194 cm³/mol. The van der Waals surface area contributed by atoms with Crippen LogP contribution in [0.15, 0.2) is 133 Å². The van der Waals surface area contributed by atoms with E-state index in [9.17, 15) is 5.26 Å². The quantitative estimate of drug-likeness (QED) is 0.198. The molecule has 5 aromatic carbocycles. The zero-order chi connectivity index (χ0) is 31.8. The first-order chi connectivity index (χ1) is 23.7. The van der Waals surface area contributed by atoms with Crippen molar-refractivity contribution in [1.29, 1.82) is 5.26 Å². The largest absolute Gasteiger partial charge is 0.248 e. The Hall–Kier alpha value is -5.26. The average Bonchev–Trinajstić information content (AvgIpc) is 3.43. The number of aromatic nitrogens is 1. The summed E-state index contributed by atoms with van der Waals surface area (Å²) in [6.07, 6.45) is 6.83. The number of nitriles is 1. The number of benzene rings is 5. The second-order valence-corrected chi connectivity index (χ2v) is 14.7. The fourth-order valence-electron chi connectivity index (χ4n) is 10.5. The van der Waals surface area contributed by atoms with Crippen LogP contribution in [-0.2, 0) is 5.41 Å². The Labute approximate surface area is 282 Å². The van der Waals surface area contributed by atoms with Gasteiger partial charge in [-0.25, -0.2) is 4.98 Å². The van der Waals surface area contributed by atoms with Crippen LogP contribution in [0.5, 0.6) is 0 Å². The van der Waals surface area contributed by atoms with Crippen LogP contribution in [0.3, 0.4) is 0 Å². The highest BCUT2D eigenvalue weighted by Crippen LogP contribution is 2.69. The lowest BCUT2D eigenvalue weighted by Gasteiger charge is -2.61. The number of hydrogen-bond donors (Lipinski definition) is 0. The van der Waals surface area contributed by atoms with Crippen molar-refractivity contribution in [1.82, 2.24) is 4.98 Å². The summed E-state index contributed by atoms with van der Waals surface area (Å²) in [7, 11) is 0. The maximum absolute atomic E-state index is 9.84. The average molecular weight is 617 g/mol. The van der Waals surface area contributed by atoms with E-state index in [1.807, 2.05) is 0 Å². The molecule has 4 bridgehead atoms. The topological polar surface area (TPSA) is 36.7 Å². The van der Waals surface area contributed by atoms with Gasteiger partial charge in [0.25, 0.3) is 0 Å². The summed E-state index contributed by atoms with van der Waals surface area (Å²) < 4.78 is 0. The van der Waals surface area contributed by atoms with Crippen LogP contribution in [0.1, 0.15) is 48.8 Å². The summed E-state index contributed by atoms with van der Waals surface area (Å²) >= 11 is 0. The van der Waals surface area contributed by atoms with E-state index in [0.29, 0.717) is 11.8 Å². The van der Waals surface area contributed by atoms with E-state index < -0.39 is 0 Å². The lowest BCUT2D eigenvalue weighted by molar-refractivity contribution is -0.0399. The van der Waals surface area contributed by atoms with Crippen molar-refractivity contribution in [2.45, 2.75) is 37.5 Å². The fourth-order valence-corrected chi connectivity index (χ4v) is 10.5. The van der Waals surface area contributed by atoms with Gasteiger partial charge in [-0.15, -0.1) is 0 Å². The van der Waals surface area contributed by atoms with Crippen molar-refractivity contribution in [2.24, 2.45) is 23.7 Å². The zero-order valence-electron chi connectivity index (χ0n) is 26.9. The minimum absolute atomic E-state index is 0.0694. The molecule has 0 radical (unpaired) electrons. The van der Waals surface area contributed by atoms with Gasteiger partial charge in [0.15, 0.2) is 0 Å². The molecular formula is C46H36N2. The Bertz CT molecular complexity index is 2170. The van der Waals surface area contributed by atoms with Crippen LogP contribution < -0.4 is 0 Å². The number of pyridine rings is 1. The summed E-state index contributed by atoms with van der Waals surface area (Å²) in [5.74, 6) is 3.16. The van der Waals surface area contributed by atoms with Gasteiger partial charge in [0, 0.05) is 16.5 Å². The molecule has 1 heterocycles. The van der Waals surface area contributed by atoms with Crippen LogP contribution >= 0.6 is 0 Å². The maximum atomic E-state index is 9.84. The molecule has 5 aliphatic rings. The SMILES string of the molecule is N#Cc1ccc2c(c1)-c1ccc(-c3cccc(-c4cc(-c5ccccc5)nc(-c5ccccc5)c4)c3)cc1C21C2CC3CC(C2)CC1C3. The lowest BCUT2D eigenvalue weighted by atomic mass is 9.43. The van der Waals surface area contributed by atoms with Gasteiger partial charge in [-0.1, -0.05) is 97.1 Å². The van der Waals surface area contributed by atoms with E-state index in [2.05, 4.69) is 140 Å². The van der Waals surface area contributed by atoms with Gasteiger partial charge < -0.3 is 0 Å². The summed E-state index contributed by atoms with van der Waals surface area (Å²) in [6, 6.07) is 50.7. The second kappa shape index (κ2) is 10.6. The standard InChI is InChI=1S/C46H36N2/c47-28-29-14-17-42-41(23-29)40-16-15-36(25-43(40)46(42)38-19-30-18-31(21-38)22-39(46)20-30)34-12-7-13-35(24-34)37-26-44(32-8-3-1-4-9-32)48-45(27-37)33-10-5-2-6-11-33/h1-17,23-27,30-31,38-39H,18-22H2. The van der Waals surface area contributed by atoms with Crippen molar-refractivity contribution in [3.63, 3.8) is 0 Å². The molecule has 5 aliphatic carbocycles. The summed E-state index contributed by atoms with van der Waals surface area (Å²) in [5, 5.41) is 9.84. The molecule has 0 aliphatic heterocycles. The molecule has 0 amide bonds. The molecule has 48 heavy (non-hydrogen) atoms. The monoisotopic (exact) mass is 616 g/mol. The smallest absolute Gasteiger partial charge is 0.0991 e. The van der Waals surface area contributed by atoms with Gasteiger partial charge in [0.1, 0.15) is 0 Å². The highest BCUT2D eigenvalue weighted by Gasteiger charge is 2.61. The lowest BCUT2D eigenvalue weighted by Crippen LogP contribution is -2.55. The Kier molecular flexibility index (Phi) is 6.16. The molecule has 1 spiro atoms. The Morgan fingerprint density at radius 3 is 1.69 bits per heavy atom. The summed E-state index contributed by atoms with van der Waals surface area (Å²) in [6.45, 7) is 0. The Balaban J connectivity index is 1.11. The normalized spacial score (nSPS) is 24.3. The van der Waals surface area contributed by atoms with Gasteiger partial charge in [0.05, 0.1) is 23.0 Å². The minimum Gasteiger partial charge on any atom is -0.248 e. The Morgan fingerprint density at radius 2 is 1.06 bits per heavy atom. The molecule has 11 rings (SSSR count). The van der Waals surface area contributed by atoms with Crippen LogP contribution in [-0.4, -0.2) is 4.98 Å². The van der Waals surface area contributed by atoms with Crippen molar-refractivity contribution in [2.75, 3.05) is 0 Å². The van der Waals surface area contributed by atoms with Crippen LogP contribution in [0.4, 0.5) is 0 Å². The molecule has 6 aromatic rings. The Morgan fingerprint density at radius 1 is 0.479 bits per heavy atom. The third-order valence-corrected chi connectivity index (χ3v) is 12.3. The van der Waals surface area contributed by atoms with Gasteiger partial charge in [0.2, 0.25) is 0 Å². The van der Waals surface area contributed by atoms with Crippen LogP contribution in [0.2, 0.25) is 0 Å². The van der Waals surface area contributed by atoms with E-state index in [4.69, 9.17) is 4.98 Å². The molecule has 0 saturated heterocycles. The van der Waals surface area contributed by atoms with Crippen molar-refractivity contribution in [3.05, 3.63) is 150 Å². The maximum Gasteiger partial charge on any atom is 0.0991 e. The number of fused-ring (bicyclic) bond motifs is 3. The van der Waals surface area contributed by atoms with Gasteiger partial charge >= 0.3 is 0 Å². The van der Waals surface area contributed by atoms with E-state index in [-0.39, 0.29) is 5.41 Å². The van der Waals surface area contributed by atoms with Gasteiger partial charge in [-0.2, -0.15) is 5.26 Å². The molecular weight excluding hydrogens is 581 g/mol. The minimum atomic E-state index is 0.0694. The molecule has 4 fully saturated rings. The number of nitrogens with zero attached hydrogens (tertiary/aromatic N) is 2. The van der Waals surface area contributed by atoms with Gasteiger partial charge in [-0.05, 0) is 137 Å². The molecule has 230 valence electrons. The number of rotatable bonds is 4. The molecule has 2 nitrogen and oxygen atoms in total. The van der Waals surface area contributed by atoms with Crippen LogP contribution in [0.25, 0.3) is 55.9 Å². The second-order valence-electron chi connectivity index (χ2n) is 14.7. The molecule has 4 saturated carbocycles. The predicted octanol–water partition coefficient (Wildman–Crippen LogP) is 11.3. The van der Waals surface area contributed by atoms with E-state index in [1.165, 1.54) is 76.6 Å². The van der Waals surface area contributed by atoms with E-state index >= 15 is 0 Å². The van der Waals surface area contributed by atoms with E-state index in [1.54, 1.807) is 0 Å². The van der Waals surface area contributed by atoms with Crippen molar-refractivity contribution < 1.29 is 0 Å². The summed E-state index contributed by atoms with van der Waals surface area (Å²) in [4.78, 5) is 5.12. The molecule has 2 heteroatoms. The first kappa shape index (κ1) is 27.8. The first-order valence-electron chi connectivity index (χ1n) is 17.6. The van der Waals surface area contributed by atoms with Gasteiger partial charge in [-0.3, -0.25) is 0 Å². The fraction of sp³-hybridized carbons (Fsp3) is 0.217. The molecule has 0 unspecified atom stereocenters. The molecule has 0 atom stereocenters. The van der Waals surface area contributed by atoms with E-state index in [0.717, 1.165) is 39.9 Å². The molecule has 0 N–H and O–H groups in total. The first-order valence-corrected chi connectivity index (χ1v) is 17.6. The third-order valence-electron chi connectivity index (χ3n) is 12.3. The molecule has 1 aromatic heterocycles. The zero-order valence-corrected chi connectivity index (χ0v) is 26.9. The highest BCUT2D eigenvalue weighted by molar-refractivity contribution is 5.86. The van der Waals surface area contributed by atoms with Crippen LogP contribution in [0, 0.1) is 35.0 Å². The van der Waals surface area contributed by atoms with Crippen molar-refractivity contribution >= 4 is 0 Å².